The lowest BCUT2D eigenvalue weighted by atomic mass is 10.1. The zero-order valence-corrected chi connectivity index (χ0v) is 14.1. The predicted octanol–water partition coefficient (Wildman–Crippen LogP) is 1.18. The molecule has 2 heterocycles. The summed E-state index contributed by atoms with van der Waals surface area (Å²) in [6.45, 7) is 2.88. The SMILES string of the molecule is Cc1[nH]nc2c1c(=O)n(CCCNC(=O)C1(N)CC1)c1ccccc21. The van der Waals surface area contributed by atoms with Gasteiger partial charge in [-0.3, -0.25) is 14.7 Å². The number of aromatic amines is 1. The second kappa shape index (κ2) is 5.70. The number of nitrogens with two attached hydrogens (primary N) is 1. The summed E-state index contributed by atoms with van der Waals surface area (Å²) >= 11 is 0. The largest absolute Gasteiger partial charge is 0.354 e. The van der Waals surface area contributed by atoms with Crippen molar-refractivity contribution in [2.24, 2.45) is 5.73 Å². The van der Waals surface area contributed by atoms with Crippen molar-refractivity contribution in [3.8, 4) is 0 Å². The molecule has 3 aromatic rings. The zero-order chi connectivity index (χ0) is 17.6. The highest BCUT2D eigenvalue weighted by molar-refractivity contribution is 6.03. The topological polar surface area (TPSA) is 106 Å². The Balaban J connectivity index is 1.61. The minimum atomic E-state index is -0.656. The Kier molecular flexibility index (Phi) is 3.61. The number of aromatic nitrogens is 3. The van der Waals surface area contributed by atoms with Crippen LogP contribution in [0.2, 0.25) is 0 Å². The highest BCUT2D eigenvalue weighted by Gasteiger charge is 2.45. The van der Waals surface area contributed by atoms with Crippen LogP contribution < -0.4 is 16.6 Å². The van der Waals surface area contributed by atoms with Gasteiger partial charge < -0.3 is 15.6 Å². The average molecular weight is 339 g/mol. The highest BCUT2D eigenvalue weighted by Crippen LogP contribution is 2.32. The van der Waals surface area contributed by atoms with Gasteiger partial charge in [0.2, 0.25) is 5.91 Å². The van der Waals surface area contributed by atoms with Gasteiger partial charge in [0, 0.05) is 24.2 Å². The molecule has 0 saturated heterocycles. The van der Waals surface area contributed by atoms with Crippen LogP contribution in [0.3, 0.4) is 0 Å². The van der Waals surface area contributed by atoms with Gasteiger partial charge in [-0.15, -0.1) is 0 Å². The van der Waals surface area contributed by atoms with Crippen LogP contribution in [-0.4, -0.2) is 32.8 Å². The number of carbonyl (C=O) groups is 1. The molecule has 1 aliphatic rings. The van der Waals surface area contributed by atoms with E-state index in [1.807, 2.05) is 31.2 Å². The van der Waals surface area contributed by atoms with E-state index >= 15 is 0 Å². The van der Waals surface area contributed by atoms with Gasteiger partial charge in [0.15, 0.2) is 0 Å². The fourth-order valence-corrected chi connectivity index (χ4v) is 3.24. The number of hydrogen-bond acceptors (Lipinski definition) is 4. The van der Waals surface area contributed by atoms with Crippen molar-refractivity contribution >= 4 is 27.7 Å². The van der Waals surface area contributed by atoms with Crippen molar-refractivity contribution in [2.45, 2.75) is 38.3 Å². The molecule has 1 amide bonds. The van der Waals surface area contributed by atoms with Crippen molar-refractivity contribution in [1.82, 2.24) is 20.1 Å². The van der Waals surface area contributed by atoms with Crippen molar-refractivity contribution in [3.05, 3.63) is 40.3 Å². The maximum atomic E-state index is 12.9. The number of nitrogens with one attached hydrogen (secondary N) is 2. The summed E-state index contributed by atoms with van der Waals surface area (Å²) in [5, 5.41) is 11.6. The van der Waals surface area contributed by atoms with Gasteiger partial charge in [0.05, 0.1) is 16.4 Å². The standard InChI is InChI=1S/C18H21N5O2/c1-11-14-15(22-21-11)12-5-2-3-6-13(12)23(16(14)24)10-4-9-20-17(25)18(19)7-8-18/h2-3,5-6H,4,7-10,19H2,1H3,(H,20,25)(H,21,22). The minimum absolute atomic E-state index is 0.0521. The number of nitrogens with zero attached hydrogens (tertiary/aromatic N) is 2. The Morgan fingerprint density at radius 1 is 1.40 bits per heavy atom. The smallest absolute Gasteiger partial charge is 0.262 e. The van der Waals surface area contributed by atoms with Crippen LogP contribution in [0, 0.1) is 6.92 Å². The number of fused-ring (bicyclic) bond motifs is 3. The number of hydrogen-bond donors (Lipinski definition) is 3. The minimum Gasteiger partial charge on any atom is -0.354 e. The first kappa shape index (κ1) is 15.8. The Morgan fingerprint density at radius 3 is 2.92 bits per heavy atom. The molecule has 2 aromatic heterocycles. The molecule has 4 rings (SSSR count). The second-order valence-electron chi connectivity index (χ2n) is 6.81. The molecule has 1 fully saturated rings. The molecule has 25 heavy (non-hydrogen) atoms. The maximum absolute atomic E-state index is 12.9. The Bertz CT molecular complexity index is 1030. The normalized spacial score (nSPS) is 15.6. The van der Waals surface area contributed by atoms with Gasteiger partial charge in [0.1, 0.15) is 5.52 Å². The molecule has 7 heteroatoms. The van der Waals surface area contributed by atoms with E-state index in [-0.39, 0.29) is 11.5 Å². The molecule has 130 valence electrons. The van der Waals surface area contributed by atoms with E-state index in [4.69, 9.17) is 5.73 Å². The molecule has 0 aliphatic heterocycles. The number of rotatable bonds is 5. The van der Waals surface area contributed by atoms with E-state index in [1.54, 1.807) is 4.57 Å². The first-order chi connectivity index (χ1) is 12.0. The van der Waals surface area contributed by atoms with Crippen molar-refractivity contribution in [3.63, 3.8) is 0 Å². The van der Waals surface area contributed by atoms with E-state index in [9.17, 15) is 9.59 Å². The average Bonchev–Trinajstić information content (AvgIpc) is 3.24. The first-order valence-electron chi connectivity index (χ1n) is 8.55. The van der Waals surface area contributed by atoms with E-state index in [2.05, 4.69) is 15.5 Å². The van der Waals surface area contributed by atoms with Crippen LogP contribution in [0.15, 0.2) is 29.1 Å². The van der Waals surface area contributed by atoms with Gasteiger partial charge in [-0.1, -0.05) is 18.2 Å². The number of aryl methyl sites for hydroxylation is 2. The molecule has 0 atom stereocenters. The van der Waals surface area contributed by atoms with E-state index in [0.717, 1.165) is 29.4 Å². The van der Waals surface area contributed by atoms with Crippen molar-refractivity contribution in [2.75, 3.05) is 6.54 Å². The molecule has 7 nitrogen and oxygen atoms in total. The van der Waals surface area contributed by atoms with Crippen LogP contribution in [0.25, 0.3) is 21.8 Å². The number of benzene rings is 1. The van der Waals surface area contributed by atoms with E-state index < -0.39 is 5.54 Å². The number of para-hydroxylation sites is 1. The van der Waals surface area contributed by atoms with Crippen LogP contribution in [-0.2, 0) is 11.3 Å². The van der Waals surface area contributed by atoms with E-state index in [0.29, 0.717) is 30.4 Å². The fraction of sp³-hybridized carbons (Fsp3) is 0.389. The molecule has 0 unspecified atom stereocenters. The molecular formula is C18H21N5O2. The summed E-state index contributed by atoms with van der Waals surface area (Å²) in [5.41, 5.74) is 7.50. The summed E-state index contributed by atoms with van der Waals surface area (Å²) in [4.78, 5) is 24.8. The van der Waals surface area contributed by atoms with Gasteiger partial charge in [0.25, 0.3) is 5.56 Å². The Morgan fingerprint density at radius 2 is 2.16 bits per heavy atom. The lowest BCUT2D eigenvalue weighted by molar-refractivity contribution is -0.123. The fourth-order valence-electron chi connectivity index (χ4n) is 3.24. The third-order valence-corrected chi connectivity index (χ3v) is 4.94. The number of carbonyl (C=O) groups excluding carboxylic acids is 1. The van der Waals surface area contributed by atoms with Gasteiger partial charge in [-0.25, -0.2) is 0 Å². The van der Waals surface area contributed by atoms with Crippen LogP contribution in [0.4, 0.5) is 0 Å². The first-order valence-corrected chi connectivity index (χ1v) is 8.55. The number of amides is 1. The van der Waals surface area contributed by atoms with Gasteiger partial charge in [-0.2, -0.15) is 5.10 Å². The molecular weight excluding hydrogens is 318 g/mol. The molecule has 0 bridgehead atoms. The quantitative estimate of drug-likeness (QED) is 0.607. The molecule has 1 saturated carbocycles. The Labute approximate surface area is 144 Å². The molecule has 1 aromatic carbocycles. The molecule has 0 spiro atoms. The third kappa shape index (κ3) is 2.60. The van der Waals surface area contributed by atoms with E-state index in [1.165, 1.54) is 0 Å². The zero-order valence-electron chi connectivity index (χ0n) is 14.1. The van der Waals surface area contributed by atoms with Crippen LogP contribution >= 0.6 is 0 Å². The van der Waals surface area contributed by atoms with Crippen LogP contribution in [0.1, 0.15) is 25.0 Å². The lowest BCUT2D eigenvalue weighted by Crippen LogP contribution is -2.43. The van der Waals surface area contributed by atoms with Crippen LogP contribution in [0.5, 0.6) is 0 Å². The summed E-state index contributed by atoms with van der Waals surface area (Å²) < 4.78 is 1.77. The molecule has 4 N–H and O–H groups in total. The predicted molar refractivity (Wildman–Crippen MR) is 96.4 cm³/mol. The van der Waals surface area contributed by atoms with Crippen molar-refractivity contribution < 1.29 is 4.79 Å². The summed E-state index contributed by atoms with van der Waals surface area (Å²) in [7, 11) is 0. The summed E-state index contributed by atoms with van der Waals surface area (Å²) in [6.07, 6.45) is 2.16. The van der Waals surface area contributed by atoms with Crippen molar-refractivity contribution in [1.29, 1.82) is 0 Å². The monoisotopic (exact) mass is 339 g/mol. The molecule has 1 aliphatic carbocycles. The number of H-pyrrole nitrogens is 1. The molecule has 0 radical (unpaired) electrons. The summed E-state index contributed by atoms with van der Waals surface area (Å²) in [5.74, 6) is -0.0918. The third-order valence-electron chi connectivity index (χ3n) is 4.94. The van der Waals surface area contributed by atoms with Gasteiger partial charge >= 0.3 is 0 Å². The maximum Gasteiger partial charge on any atom is 0.262 e. The lowest BCUT2D eigenvalue weighted by Gasteiger charge is -2.13. The van der Waals surface area contributed by atoms with Gasteiger partial charge in [-0.05, 0) is 32.3 Å². The Hall–Kier alpha value is -2.67. The summed E-state index contributed by atoms with van der Waals surface area (Å²) in [6, 6.07) is 7.76. The second-order valence-corrected chi connectivity index (χ2v) is 6.81. The number of pyridine rings is 1. The highest BCUT2D eigenvalue weighted by atomic mass is 16.2.